The SMILES string of the molecule is N#Cc1cc(NC(=O)c2ccccc2)cnc1Cl. The molecule has 0 radical (unpaired) electrons. The van der Waals surface area contributed by atoms with E-state index in [1.165, 1.54) is 12.3 Å². The quantitative estimate of drug-likeness (QED) is 0.842. The Labute approximate surface area is 109 Å². The van der Waals surface area contributed by atoms with Gasteiger partial charge in [0.2, 0.25) is 0 Å². The fraction of sp³-hybridized carbons (Fsp3) is 0. The highest BCUT2D eigenvalue weighted by atomic mass is 35.5. The predicted octanol–water partition coefficient (Wildman–Crippen LogP) is 2.86. The molecule has 1 amide bonds. The molecule has 1 aromatic carbocycles. The van der Waals surface area contributed by atoms with E-state index in [2.05, 4.69) is 10.3 Å². The average molecular weight is 258 g/mol. The summed E-state index contributed by atoms with van der Waals surface area (Å²) in [5.41, 5.74) is 1.19. The number of nitrogens with zero attached hydrogens (tertiary/aromatic N) is 2. The molecule has 88 valence electrons. The number of aromatic nitrogens is 1. The summed E-state index contributed by atoms with van der Waals surface area (Å²) >= 11 is 5.70. The molecule has 1 aromatic heterocycles. The molecule has 18 heavy (non-hydrogen) atoms. The number of nitrogens with one attached hydrogen (secondary N) is 1. The highest BCUT2D eigenvalue weighted by Gasteiger charge is 2.07. The van der Waals surface area contributed by atoms with Crippen LogP contribution in [0.5, 0.6) is 0 Å². The molecule has 0 saturated heterocycles. The third-order valence-corrected chi connectivity index (χ3v) is 2.55. The Kier molecular flexibility index (Phi) is 3.56. The molecule has 0 atom stereocenters. The van der Waals surface area contributed by atoms with Gasteiger partial charge in [0, 0.05) is 5.56 Å². The minimum Gasteiger partial charge on any atom is -0.321 e. The van der Waals surface area contributed by atoms with Crippen LogP contribution in [0.3, 0.4) is 0 Å². The molecule has 0 aliphatic rings. The maximum Gasteiger partial charge on any atom is 0.255 e. The molecular formula is C13H8ClN3O. The third-order valence-electron chi connectivity index (χ3n) is 2.25. The number of anilines is 1. The Balaban J connectivity index is 2.20. The van der Waals surface area contributed by atoms with Gasteiger partial charge in [-0.15, -0.1) is 0 Å². The lowest BCUT2D eigenvalue weighted by atomic mass is 10.2. The fourth-order valence-corrected chi connectivity index (χ4v) is 1.53. The minimum absolute atomic E-state index is 0.121. The molecule has 0 aliphatic heterocycles. The molecule has 1 heterocycles. The lowest BCUT2D eigenvalue weighted by Gasteiger charge is -2.05. The van der Waals surface area contributed by atoms with Crippen molar-refractivity contribution in [2.24, 2.45) is 0 Å². The largest absolute Gasteiger partial charge is 0.321 e. The first-order valence-corrected chi connectivity index (χ1v) is 5.50. The lowest BCUT2D eigenvalue weighted by Crippen LogP contribution is -2.12. The van der Waals surface area contributed by atoms with Crippen LogP contribution in [0, 0.1) is 11.3 Å². The predicted molar refractivity (Wildman–Crippen MR) is 68.4 cm³/mol. The summed E-state index contributed by atoms with van der Waals surface area (Å²) in [6.45, 7) is 0. The smallest absolute Gasteiger partial charge is 0.255 e. The van der Waals surface area contributed by atoms with E-state index in [4.69, 9.17) is 16.9 Å². The summed E-state index contributed by atoms with van der Waals surface area (Å²) in [7, 11) is 0. The molecule has 0 aliphatic carbocycles. The second-order valence-corrected chi connectivity index (χ2v) is 3.85. The van der Waals surface area contributed by atoms with Crippen LogP contribution in [0.4, 0.5) is 5.69 Å². The Morgan fingerprint density at radius 1 is 1.33 bits per heavy atom. The molecule has 1 N–H and O–H groups in total. The van der Waals surface area contributed by atoms with E-state index in [-0.39, 0.29) is 16.6 Å². The van der Waals surface area contributed by atoms with Gasteiger partial charge < -0.3 is 5.32 Å². The van der Waals surface area contributed by atoms with E-state index in [9.17, 15) is 4.79 Å². The second-order valence-electron chi connectivity index (χ2n) is 3.49. The van der Waals surface area contributed by atoms with Crippen molar-refractivity contribution in [3.05, 3.63) is 58.9 Å². The molecule has 4 nitrogen and oxygen atoms in total. The number of amides is 1. The fourth-order valence-electron chi connectivity index (χ4n) is 1.39. The maximum atomic E-state index is 11.8. The molecule has 5 heteroatoms. The van der Waals surface area contributed by atoms with Crippen LogP contribution < -0.4 is 5.32 Å². The summed E-state index contributed by atoms with van der Waals surface area (Å²) in [5.74, 6) is -0.261. The monoisotopic (exact) mass is 257 g/mol. The standard InChI is InChI=1S/C13H8ClN3O/c14-12-10(7-15)6-11(8-16-12)17-13(18)9-4-2-1-3-5-9/h1-6,8H,(H,17,18). The van der Waals surface area contributed by atoms with Crippen molar-refractivity contribution in [1.82, 2.24) is 4.98 Å². The van der Waals surface area contributed by atoms with Crippen molar-refractivity contribution in [2.75, 3.05) is 5.32 Å². The zero-order valence-electron chi connectivity index (χ0n) is 9.22. The average Bonchev–Trinajstić information content (AvgIpc) is 2.42. The number of carbonyl (C=O) groups is 1. The lowest BCUT2D eigenvalue weighted by molar-refractivity contribution is 0.102. The summed E-state index contributed by atoms with van der Waals surface area (Å²) in [6, 6.07) is 12.2. The Hall–Kier alpha value is -2.38. The molecule has 0 fully saturated rings. The van der Waals surface area contributed by atoms with E-state index in [0.29, 0.717) is 11.3 Å². The van der Waals surface area contributed by atoms with Crippen LogP contribution >= 0.6 is 11.6 Å². The first kappa shape index (κ1) is 12.1. The van der Waals surface area contributed by atoms with Gasteiger partial charge in [0.25, 0.3) is 5.91 Å². The van der Waals surface area contributed by atoms with E-state index >= 15 is 0 Å². The number of pyridine rings is 1. The zero-order valence-corrected chi connectivity index (χ0v) is 9.98. The van der Waals surface area contributed by atoms with Crippen LogP contribution in [-0.2, 0) is 0 Å². The zero-order chi connectivity index (χ0) is 13.0. The summed E-state index contributed by atoms with van der Waals surface area (Å²) < 4.78 is 0. The van der Waals surface area contributed by atoms with E-state index in [1.54, 1.807) is 24.3 Å². The number of halogens is 1. The molecular weight excluding hydrogens is 250 g/mol. The number of nitriles is 1. The van der Waals surface area contributed by atoms with Gasteiger partial charge in [0.05, 0.1) is 17.4 Å². The molecule has 2 aromatic rings. The Bertz CT molecular complexity index is 620. The van der Waals surface area contributed by atoms with Gasteiger partial charge in [-0.05, 0) is 18.2 Å². The van der Waals surface area contributed by atoms with Crippen LogP contribution in [0.15, 0.2) is 42.6 Å². The summed E-state index contributed by atoms with van der Waals surface area (Å²) in [4.78, 5) is 15.7. The highest BCUT2D eigenvalue weighted by Crippen LogP contribution is 2.17. The van der Waals surface area contributed by atoms with Crippen LogP contribution in [-0.4, -0.2) is 10.9 Å². The normalized spacial score (nSPS) is 9.56. The van der Waals surface area contributed by atoms with Gasteiger partial charge in [-0.1, -0.05) is 29.8 Å². The van der Waals surface area contributed by atoms with Crippen molar-refractivity contribution in [2.45, 2.75) is 0 Å². The molecule has 0 spiro atoms. The van der Waals surface area contributed by atoms with Crippen molar-refractivity contribution in [1.29, 1.82) is 5.26 Å². The van der Waals surface area contributed by atoms with Crippen LogP contribution in [0.25, 0.3) is 0 Å². The van der Waals surface area contributed by atoms with Gasteiger partial charge >= 0.3 is 0 Å². The molecule has 2 rings (SSSR count). The first-order valence-electron chi connectivity index (χ1n) is 5.13. The van der Waals surface area contributed by atoms with Crippen molar-refractivity contribution >= 4 is 23.2 Å². The summed E-state index contributed by atoms with van der Waals surface area (Å²) in [5, 5.41) is 11.6. The van der Waals surface area contributed by atoms with Crippen molar-refractivity contribution in [3.8, 4) is 6.07 Å². The maximum absolute atomic E-state index is 11.8. The minimum atomic E-state index is -0.261. The second kappa shape index (κ2) is 5.30. The van der Waals surface area contributed by atoms with Crippen molar-refractivity contribution < 1.29 is 4.79 Å². The van der Waals surface area contributed by atoms with E-state index in [1.807, 2.05) is 12.1 Å². The number of hydrogen-bond acceptors (Lipinski definition) is 3. The first-order chi connectivity index (χ1) is 8.70. The summed E-state index contributed by atoms with van der Waals surface area (Å²) in [6.07, 6.45) is 1.41. The van der Waals surface area contributed by atoms with Gasteiger partial charge in [0.1, 0.15) is 11.2 Å². The van der Waals surface area contributed by atoms with Gasteiger partial charge in [-0.3, -0.25) is 4.79 Å². The highest BCUT2D eigenvalue weighted by molar-refractivity contribution is 6.30. The Morgan fingerprint density at radius 2 is 2.06 bits per heavy atom. The van der Waals surface area contributed by atoms with E-state index in [0.717, 1.165) is 0 Å². The molecule has 0 bridgehead atoms. The molecule has 0 saturated carbocycles. The van der Waals surface area contributed by atoms with Gasteiger partial charge in [-0.25, -0.2) is 4.98 Å². The van der Waals surface area contributed by atoms with Crippen LogP contribution in [0.2, 0.25) is 5.15 Å². The number of benzene rings is 1. The van der Waals surface area contributed by atoms with Gasteiger partial charge in [0.15, 0.2) is 0 Å². The number of hydrogen-bond donors (Lipinski definition) is 1. The topological polar surface area (TPSA) is 65.8 Å². The van der Waals surface area contributed by atoms with E-state index < -0.39 is 0 Å². The van der Waals surface area contributed by atoms with Crippen LogP contribution in [0.1, 0.15) is 15.9 Å². The Morgan fingerprint density at radius 3 is 2.72 bits per heavy atom. The van der Waals surface area contributed by atoms with Crippen molar-refractivity contribution in [3.63, 3.8) is 0 Å². The van der Waals surface area contributed by atoms with Gasteiger partial charge in [-0.2, -0.15) is 5.26 Å². The number of rotatable bonds is 2. The molecule has 0 unspecified atom stereocenters. The third kappa shape index (κ3) is 2.65. The number of carbonyl (C=O) groups excluding carboxylic acids is 1.